The summed E-state index contributed by atoms with van der Waals surface area (Å²) in [5.41, 5.74) is 3.61. The van der Waals surface area contributed by atoms with Crippen LogP contribution < -0.4 is 20.7 Å². The molecule has 3 aromatic heterocycles. The summed E-state index contributed by atoms with van der Waals surface area (Å²) >= 11 is 0. The molecule has 1 amide bonds. The van der Waals surface area contributed by atoms with Crippen LogP contribution in [0.2, 0.25) is 0 Å². The number of halogens is 1. The molecule has 13 heteroatoms. The Hall–Kier alpha value is -5.27. The van der Waals surface area contributed by atoms with Crippen molar-refractivity contribution in [1.82, 2.24) is 19.0 Å². The van der Waals surface area contributed by atoms with Gasteiger partial charge in [-0.1, -0.05) is 19.9 Å². The maximum Gasteiger partial charge on any atom is 0.338 e. The fourth-order valence-corrected chi connectivity index (χ4v) is 8.24. The molecule has 1 aromatic carbocycles. The number of nitrogens with zero attached hydrogens (tertiary/aromatic N) is 6. The smallest absolute Gasteiger partial charge is 0.338 e. The van der Waals surface area contributed by atoms with Gasteiger partial charge in [0.2, 0.25) is 0 Å². The molecule has 6 heterocycles. The van der Waals surface area contributed by atoms with Crippen LogP contribution in [0, 0.1) is 11.2 Å². The summed E-state index contributed by atoms with van der Waals surface area (Å²) < 4.78 is 24.2. The third kappa shape index (κ3) is 5.87. The van der Waals surface area contributed by atoms with Gasteiger partial charge in [0, 0.05) is 62.8 Å². The number of ether oxygens (including phenoxy) is 1. The first-order valence-corrected chi connectivity index (χ1v) is 17.7. The molecule has 2 N–H and O–H groups in total. The van der Waals surface area contributed by atoms with E-state index in [-0.39, 0.29) is 57.5 Å². The van der Waals surface area contributed by atoms with Gasteiger partial charge >= 0.3 is 5.97 Å². The Morgan fingerprint density at radius 1 is 1.10 bits per heavy atom. The van der Waals surface area contributed by atoms with Crippen LogP contribution in [0.4, 0.5) is 27.3 Å². The van der Waals surface area contributed by atoms with Gasteiger partial charge in [0.15, 0.2) is 0 Å². The number of hydrogen-bond donors (Lipinski definition) is 2. The molecule has 2 fully saturated rings. The Balaban J connectivity index is 1.08. The average molecular weight is 708 g/mol. The zero-order valence-corrected chi connectivity index (χ0v) is 29.6. The second kappa shape index (κ2) is 12.7. The highest BCUT2D eigenvalue weighted by molar-refractivity contribution is 6.11. The van der Waals surface area contributed by atoms with Gasteiger partial charge in [-0.2, -0.15) is 0 Å². The largest absolute Gasteiger partial charge is 0.478 e. The summed E-state index contributed by atoms with van der Waals surface area (Å²) in [4.78, 5) is 50.8. The molecule has 4 aliphatic rings. The van der Waals surface area contributed by atoms with Gasteiger partial charge in [-0.05, 0) is 60.2 Å². The summed E-state index contributed by atoms with van der Waals surface area (Å²) in [5.74, 6) is -1.98. The fourth-order valence-electron chi connectivity index (χ4n) is 8.24. The molecule has 0 radical (unpaired) electrons. The number of piperazine rings is 1. The van der Waals surface area contributed by atoms with Crippen LogP contribution in [0.3, 0.4) is 0 Å². The highest BCUT2D eigenvalue weighted by Gasteiger charge is 2.38. The lowest BCUT2D eigenvalue weighted by Gasteiger charge is -2.46. The average Bonchev–Trinajstić information content (AvgIpc) is 3.58. The molecule has 12 nitrogen and oxygen atoms in total. The van der Waals surface area contributed by atoms with E-state index in [2.05, 4.69) is 40.5 Å². The number of carbonyl (C=O) groups excluding carboxylic acids is 1. The third-order valence-electron chi connectivity index (χ3n) is 10.9. The summed E-state index contributed by atoms with van der Waals surface area (Å²) in [7, 11) is 1.54. The van der Waals surface area contributed by atoms with E-state index in [1.807, 2.05) is 22.8 Å². The topological polar surface area (TPSA) is 125 Å². The molecule has 0 unspecified atom stereocenters. The van der Waals surface area contributed by atoms with E-state index in [4.69, 9.17) is 4.74 Å². The minimum absolute atomic E-state index is 0.0271. The van der Waals surface area contributed by atoms with Gasteiger partial charge in [-0.25, -0.2) is 14.2 Å². The molecule has 0 bridgehead atoms. The van der Waals surface area contributed by atoms with Crippen molar-refractivity contribution >= 4 is 34.8 Å². The van der Waals surface area contributed by atoms with Crippen LogP contribution in [0.15, 0.2) is 66.2 Å². The SMILES string of the molecule is C=C[C@H]1CN(C2COC2)CCN1c1ccc(Nc2cc(-c3cc(F)cc(N4CCn5c(cc6c5CC(C)(C)C6)C4=O)c3C(=O)O)cn(C)c2=O)nc1. The zero-order chi connectivity index (χ0) is 36.5. The first-order chi connectivity index (χ1) is 24.9. The number of rotatable bonds is 8. The molecule has 270 valence electrons. The molecule has 0 saturated carbocycles. The van der Waals surface area contributed by atoms with Crippen LogP contribution in [0.1, 0.15) is 46.0 Å². The number of aromatic carboxylic acids is 1. The lowest BCUT2D eigenvalue weighted by Crippen LogP contribution is -2.60. The van der Waals surface area contributed by atoms with E-state index in [9.17, 15) is 19.5 Å². The number of pyridine rings is 2. The molecular weight excluding hydrogens is 665 g/mol. The zero-order valence-electron chi connectivity index (χ0n) is 29.6. The molecule has 3 aliphatic heterocycles. The van der Waals surface area contributed by atoms with Crippen molar-refractivity contribution < 1.29 is 23.8 Å². The summed E-state index contributed by atoms with van der Waals surface area (Å²) in [6, 6.07) is 9.90. The first-order valence-electron chi connectivity index (χ1n) is 17.7. The molecule has 4 aromatic rings. The molecule has 1 atom stereocenters. The van der Waals surface area contributed by atoms with Gasteiger partial charge in [0.25, 0.3) is 11.5 Å². The number of hydrogen-bond acceptors (Lipinski definition) is 8. The quantitative estimate of drug-likeness (QED) is 0.251. The van der Waals surface area contributed by atoms with Crippen LogP contribution in [0.25, 0.3) is 11.1 Å². The maximum atomic E-state index is 15.5. The summed E-state index contributed by atoms with van der Waals surface area (Å²) in [5, 5.41) is 13.6. The molecule has 52 heavy (non-hydrogen) atoms. The summed E-state index contributed by atoms with van der Waals surface area (Å²) in [6.45, 7) is 13.2. The van der Waals surface area contributed by atoms with E-state index in [0.29, 0.717) is 24.1 Å². The maximum absolute atomic E-state index is 15.5. The lowest BCUT2D eigenvalue weighted by atomic mass is 9.90. The second-order valence-corrected chi connectivity index (χ2v) is 15.0. The highest BCUT2D eigenvalue weighted by Crippen LogP contribution is 2.41. The second-order valence-electron chi connectivity index (χ2n) is 15.0. The number of carbonyl (C=O) groups is 2. The van der Waals surface area contributed by atoms with Crippen molar-refractivity contribution in [1.29, 1.82) is 0 Å². The van der Waals surface area contributed by atoms with Crippen molar-refractivity contribution in [3.63, 3.8) is 0 Å². The summed E-state index contributed by atoms with van der Waals surface area (Å²) in [6.07, 6.45) is 6.87. The monoisotopic (exact) mass is 707 g/mol. The van der Waals surface area contributed by atoms with Crippen molar-refractivity contribution in [2.75, 3.05) is 54.5 Å². The minimum Gasteiger partial charge on any atom is -0.478 e. The Morgan fingerprint density at radius 2 is 1.90 bits per heavy atom. The molecule has 1 aliphatic carbocycles. The Labute approximate surface area is 300 Å². The van der Waals surface area contributed by atoms with Crippen LogP contribution in [-0.2, 0) is 31.2 Å². The molecule has 8 rings (SSSR count). The van der Waals surface area contributed by atoms with Crippen molar-refractivity contribution in [3.05, 3.63) is 100 Å². The molecular formula is C39H42FN7O5. The van der Waals surface area contributed by atoms with E-state index in [1.165, 1.54) is 21.7 Å². The standard InChI is InChI=1S/C39H42FN7O5/c1-5-26-20-44(28-21-52-22-28)8-9-45(26)27-6-7-34(41-18-27)42-30-12-24(19-43(4)36(30)48)29-14-25(40)15-31(35(29)38(50)51)47-11-10-46-32(37(47)49)13-23-16-39(2,3)17-33(23)46/h5-7,12-15,18-19,26,28H,1,8-11,16-17,20-22H2,2-4H3,(H,41,42)(H,50,51)/t26-/m0/s1. The lowest BCUT2D eigenvalue weighted by molar-refractivity contribution is -0.0682. The van der Waals surface area contributed by atoms with Crippen LogP contribution in [-0.4, -0.2) is 87.5 Å². The highest BCUT2D eigenvalue weighted by atomic mass is 19.1. The van der Waals surface area contributed by atoms with Gasteiger partial charge in [0.1, 0.15) is 23.0 Å². The minimum atomic E-state index is -1.32. The van der Waals surface area contributed by atoms with Gasteiger partial charge in [0.05, 0.1) is 48.4 Å². The number of aromatic nitrogens is 3. The van der Waals surface area contributed by atoms with E-state index in [0.717, 1.165) is 74.8 Å². The Kier molecular flexibility index (Phi) is 8.30. The Bertz CT molecular complexity index is 2170. The molecule has 0 spiro atoms. The fraction of sp³-hybridized carbons (Fsp3) is 0.385. The van der Waals surface area contributed by atoms with Crippen molar-refractivity contribution in [2.24, 2.45) is 12.5 Å². The number of carboxylic acids is 1. The number of nitrogens with one attached hydrogen (secondary N) is 1. The number of fused-ring (bicyclic) bond motifs is 3. The third-order valence-corrected chi connectivity index (χ3v) is 10.9. The predicted molar refractivity (Wildman–Crippen MR) is 196 cm³/mol. The normalized spacial score (nSPS) is 20.0. The van der Waals surface area contributed by atoms with Gasteiger partial charge < -0.3 is 34.1 Å². The number of carboxylic acid groups (broad SMARTS) is 1. The Morgan fingerprint density at radius 3 is 2.60 bits per heavy atom. The van der Waals surface area contributed by atoms with Crippen molar-refractivity contribution in [3.8, 4) is 11.1 Å². The van der Waals surface area contributed by atoms with E-state index in [1.54, 1.807) is 19.3 Å². The van der Waals surface area contributed by atoms with E-state index >= 15 is 4.39 Å². The predicted octanol–water partition coefficient (Wildman–Crippen LogP) is 4.69. The number of anilines is 4. The first kappa shape index (κ1) is 33.9. The number of amides is 1. The van der Waals surface area contributed by atoms with Gasteiger partial charge in [-0.15, -0.1) is 6.58 Å². The number of aryl methyl sites for hydroxylation is 1. The molecule has 2 saturated heterocycles. The van der Waals surface area contributed by atoms with Crippen LogP contribution in [0.5, 0.6) is 0 Å². The van der Waals surface area contributed by atoms with Gasteiger partial charge in [-0.3, -0.25) is 14.5 Å². The van der Waals surface area contributed by atoms with Crippen molar-refractivity contribution in [2.45, 2.75) is 45.3 Å². The number of benzene rings is 1. The van der Waals surface area contributed by atoms with E-state index < -0.39 is 11.8 Å². The van der Waals surface area contributed by atoms with Crippen LogP contribution >= 0.6 is 0 Å².